The largest absolute Gasteiger partial charge is 0.300 e. The van der Waals surface area contributed by atoms with Crippen LogP contribution in [0.3, 0.4) is 0 Å². The maximum Gasteiger partial charge on any atom is 0.133 e. The van der Waals surface area contributed by atoms with E-state index >= 15 is 0 Å². The molecular formula is C8H16O. The molecule has 0 unspecified atom stereocenters. The Hall–Kier alpha value is -0.330. The van der Waals surface area contributed by atoms with Crippen LogP contribution in [0.5, 0.6) is 0 Å². The zero-order valence-corrected chi connectivity index (χ0v) is 6.82. The minimum atomic E-state index is 0.174. The lowest BCUT2D eigenvalue weighted by atomic mass is 9.89. The molecule has 0 amide bonds. The van der Waals surface area contributed by atoms with E-state index in [0.29, 0.717) is 18.6 Å². The van der Waals surface area contributed by atoms with E-state index in [4.69, 9.17) is 0 Å². The highest BCUT2D eigenvalue weighted by atomic mass is 16.1. The molecule has 0 aromatic carbocycles. The predicted octanol–water partition coefficient (Wildman–Crippen LogP) is 2.40. The Labute approximate surface area is 57.5 Å². The fourth-order valence-corrected chi connectivity index (χ4v) is 0.717. The summed E-state index contributed by atoms with van der Waals surface area (Å²) in [6.45, 7) is 8.16. The predicted molar refractivity (Wildman–Crippen MR) is 39.4 cm³/mol. The zero-order chi connectivity index (χ0) is 7.49. The number of ketones is 1. The molecule has 0 radical (unpaired) electrons. The summed E-state index contributed by atoms with van der Waals surface area (Å²) in [7, 11) is 0. The number of carbonyl (C=O) groups is 1. The van der Waals surface area contributed by atoms with Gasteiger partial charge in [-0.15, -0.1) is 0 Å². The number of carbonyl (C=O) groups excluding carboxylic acids is 1. The summed E-state index contributed by atoms with van der Waals surface area (Å²) in [4.78, 5) is 10.8. The molecule has 54 valence electrons. The molecule has 0 rings (SSSR count). The second kappa shape index (κ2) is 3.00. The van der Waals surface area contributed by atoms with Gasteiger partial charge < -0.3 is 0 Å². The fourth-order valence-electron chi connectivity index (χ4n) is 0.717. The van der Waals surface area contributed by atoms with E-state index in [1.54, 1.807) is 0 Å². The number of Topliss-reactive ketones (excluding diaryl/α,β-unsaturated/α-hetero) is 1. The topological polar surface area (TPSA) is 17.1 Å². The van der Waals surface area contributed by atoms with Crippen molar-refractivity contribution in [1.82, 2.24) is 0 Å². The van der Waals surface area contributed by atoms with Crippen molar-refractivity contribution in [2.24, 2.45) is 5.41 Å². The van der Waals surface area contributed by atoms with Crippen LogP contribution in [0.25, 0.3) is 0 Å². The summed E-state index contributed by atoms with van der Waals surface area (Å²) in [6, 6.07) is 0. The Balaban J connectivity index is 3.60. The zero-order valence-electron chi connectivity index (χ0n) is 6.82. The molecule has 0 aliphatic rings. The molecular weight excluding hydrogens is 112 g/mol. The molecule has 1 heteroatoms. The third kappa shape index (κ3) is 5.54. The van der Waals surface area contributed by atoms with Crippen molar-refractivity contribution in [3.05, 3.63) is 0 Å². The summed E-state index contributed by atoms with van der Waals surface area (Å²) < 4.78 is 0. The highest BCUT2D eigenvalue weighted by Crippen LogP contribution is 2.18. The van der Waals surface area contributed by atoms with E-state index in [0.717, 1.165) is 0 Å². The van der Waals surface area contributed by atoms with Gasteiger partial charge in [0.25, 0.3) is 0 Å². The van der Waals surface area contributed by atoms with Crippen molar-refractivity contribution in [3.63, 3.8) is 0 Å². The maximum atomic E-state index is 10.8. The summed E-state index contributed by atoms with van der Waals surface area (Å²) >= 11 is 0. The Morgan fingerprint density at radius 3 is 1.89 bits per heavy atom. The lowest BCUT2D eigenvalue weighted by molar-refractivity contribution is -0.120. The van der Waals surface area contributed by atoms with Gasteiger partial charge in [-0.1, -0.05) is 27.7 Å². The molecule has 0 aromatic heterocycles. The van der Waals surface area contributed by atoms with Gasteiger partial charge in [-0.05, 0) is 5.41 Å². The Kier molecular flexibility index (Phi) is 2.89. The van der Waals surface area contributed by atoms with Gasteiger partial charge in [-0.2, -0.15) is 0 Å². The van der Waals surface area contributed by atoms with Gasteiger partial charge in [-0.25, -0.2) is 0 Å². The third-order valence-corrected chi connectivity index (χ3v) is 1.12. The molecule has 0 aromatic rings. The van der Waals surface area contributed by atoms with E-state index in [2.05, 4.69) is 20.8 Å². The van der Waals surface area contributed by atoms with Gasteiger partial charge in [0.05, 0.1) is 0 Å². The van der Waals surface area contributed by atoms with Gasteiger partial charge in [0, 0.05) is 12.8 Å². The molecule has 0 saturated heterocycles. The van der Waals surface area contributed by atoms with E-state index in [-0.39, 0.29) is 5.41 Å². The molecule has 0 aliphatic heterocycles. The number of hydrogen-bond acceptors (Lipinski definition) is 1. The molecule has 0 saturated carbocycles. The molecule has 0 spiro atoms. The molecule has 0 bridgehead atoms. The average Bonchev–Trinajstić information content (AvgIpc) is 1.62. The van der Waals surface area contributed by atoms with Gasteiger partial charge in [0.15, 0.2) is 0 Å². The smallest absolute Gasteiger partial charge is 0.133 e. The lowest BCUT2D eigenvalue weighted by Crippen LogP contribution is -2.11. The van der Waals surface area contributed by atoms with Crippen LogP contribution in [0.1, 0.15) is 40.5 Å². The van der Waals surface area contributed by atoms with Crippen molar-refractivity contribution in [2.75, 3.05) is 0 Å². The van der Waals surface area contributed by atoms with Crippen molar-refractivity contribution >= 4 is 5.78 Å². The van der Waals surface area contributed by atoms with Crippen LogP contribution in [0.15, 0.2) is 0 Å². The van der Waals surface area contributed by atoms with Crippen LogP contribution >= 0.6 is 0 Å². The van der Waals surface area contributed by atoms with Crippen LogP contribution in [0, 0.1) is 5.41 Å². The van der Waals surface area contributed by atoms with Crippen molar-refractivity contribution in [1.29, 1.82) is 0 Å². The average molecular weight is 128 g/mol. The van der Waals surface area contributed by atoms with Crippen LogP contribution < -0.4 is 0 Å². The summed E-state index contributed by atoms with van der Waals surface area (Å²) in [5.74, 6) is 0.363. The number of hydrogen-bond donors (Lipinski definition) is 0. The SMILES string of the molecule is CCC(=O)CC(C)(C)C. The van der Waals surface area contributed by atoms with Crippen LogP contribution in [0.2, 0.25) is 0 Å². The van der Waals surface area contributed by atoms with E-state index in [1.165, 1.54) is 0 Å². The van der Waals surface area contributed by atoms with Crippen molar-refractivity contribution in [2.45, 2.75) is 40.5 Å². The second-order valence-corrected chi connectivity index (χ2v) is 3.63. The summed E-state index contributed by atoms with van der Waals surface area (Å²) in [5.41, 5.74) is 0.174. The summed E-state index contributed by atoms with van der Waals surface area (Å²) in [5, 5.41) is 0. The first-order valence-corrected chi connectivity index (χ1v) is 3.47. The van der Waals surface area contributed by atoms with E-state index < -0.39 is 0 Å². The van der Waals surface area contributed by atoms with Gasteiger partial charge in [0.1, 0.15) is 5.78 Å². The normalized spacial score (nSPS) is 11.6. The quantitative estimate of drug-likeness (QED) is 0.558. The van der Waals surface area contributed by atoms with Crippen LogP contribution in [-0.2, 0) is 4.79 Å². The van der Waals surface area contributed by atoms with Crippen molar-refractivity contribution < 1.29 is 4.79 Å². The standard InChI is InChI=1S/C8H16O/c1-5-7(9)6-8(2,3)4/h5-6H2,1-4H3. The minimum absolute atomic E-state index is 0.174. The number of rotatable bonds is 2. The Morgan fingerprint density at radius 1 is 1.33 bits per heavy atom. The first-order chi connectivity index (χ1) is 3.95. The Bertz CT molecular complexity index is 97.6. The first kappa shape index (κ1) is 8.67. The highest BCUT2D eigenvalue weighted by molar-refractivity contribution is 5.78. The summed E-state index contributed by atoms with van der Waals surface area (Å²) in [6.07, 6.45) is 1.39. The van der Waals surface area contributed by atoms with Crippen LogP contribution in [0.4, 0.5) is 0 Å². The first-order valence-electron chi connectivity index (χ1n) is 3.47. The van der Waals surface area contributed by atoms with Crippen LogP contribution in [-0.4, -0.2) is 5.78 Å². The second-order valence-electron chi connectivity index (χ2n) is 3.63. The Morgan fingerprint density at radius 2 is 1.78 bits per heavy atom. The third-order valence-electron chi connectivity index (χ3n) is 1.12. The minimum Gasteiger partial charge on any atom is -0.300 e. The molecule has 0 fully saturated rings. The maximum absolute atomic E-state index is 10.8. The molecule has 9 heavy (non-hydrogen) atoms. The van der Waals surface area contributed by atoms with Gasteiger partial charge in [-0.3, -0.25) is 4.79 Å². The molecule has 1 nitrogen and oxygen atoms in total. The molecule has 0 atom stereocenters. The van der Waals surface area contributed by atoms with Gasteiger partial charge in [0.2, 0.25) is 0 Å². The molecule has 0 heterocycles. The molecule has 0 aliphatic carbocycles. The monoisotopic (exact) mass is 128 g/mol. The molecule has 0 N–H and O–H groups in total. The van der Waals surface area contributed by atoms with Crippen molar-refractivity contribution in [3.8, 4) is 0 Å². The van der Waals surface area contributed by atoms with E-state index in [9.17, 15) is 4.79 Å². The van der Waals surface area contributed by atoms with Gasteiger partial charge >= 0.3 is 0 Å². The van der Waals surface area contributed by atoms with E-state index in [1.807, 2.05) is 6.92 Å². The lowest BCUT2D eigenvalue weighted by Gasteiger charge is -2.15. The fraction of sp³-hybridized carbons (Fsp3) is 0.875. The highest BCUT2D eigenvalue weighted by Gasteiger charge is 2.13.